The summed E-state index contributed by atoms with van der Waals surface area (Å²) >= 11 is 0. The molecular formula is C9H11N5O2. The molecular weight excluding hydrogens is 210 g/mol. The first-order chi connectivity index (χ1) is 7.58. The molecule has 0 aliphatic heterocycles. The van der Waals surface area contributed by atoms with E-state index in [1.165, 1.54) is 0 Å². The number of nitrogens with one attached hydrogen (secondary N) is 3. The van der Waals surface area contributed by atoms with Crippen LogP contribution in [0.5, 0.6) is 0 Å². The SMILES string of the molecule is NC1(c2nc3[nH]c(=O)[nH]c(=O)c3[nH]2)CCC1. The van der Waals surface area contributed by atoms with Crippen LogP contribution in [0.3, 0.4) is 0 Å². The van der Waals surface area contributed by atoms with E-state index in [0.29, 0.717) is 5.82 Å². The van der Waals surface area contributed by atoms with Gasteiger partial charge in [-0.15, -0.1) is 0 Å². The lowest BCUT2D eigenvalue weighted by atomic mass is 9.77. The van der Waals surface area contributed by atoms with E-state index >= 15 is 0 Å². The standard InChI is InChI=1S/C9H11N5O2/c10-9(2-1-3-9)7-11-4-5(12-7)13-8(16)14-6(4)15/h1-3,10H2,(H3,11,12,13,14,15,16). The lowest BCUT2D eigenvalue weighted by molar-refractivity contribution is 0.240. The van der Waals surface area contributed by atoms with Gasteiger partial charge < -0.3 is 10.7 Å². The predicted molar refractivity (Wildman–Crippen MR) is 57.1 cm³/mol. The Bertz CT molecular complexity index is 660. The van der Waals surface area contributed by atoms with E-state index in [2.05, 4.69) is 19.9 Å². The van der Waals surface area contributed by atoms with Crippen LogP contribution in [0.2, 0.25) is 0 Å². The Kier molecular flexibility index (Phi) is 1.65. The Labute approximate surface area is 89.1 Å². The predicted octanol–water partition coefficient (Wildman–Crippen LogP) is -0.723. The molecule has 0 unspecified atom stereocenters. The zero-order chi connectivity index (χ0) is 11.3. The molecule has 0 spiro atoms. The maximum atomic E-state index is 11.5. The summed E-state index contributed by atoms with van der Waals surface area (Å²) in [5.74, 6) is 0.570. The molecule has 16 heavy (non-hydrogen) atoms. The summed E-state index contributed by atoms with van der Waals surface area (Å²) in [6, 6.07) is 0. The molecule has 0 radical (unpaired) electrons. The molecule has 1 aliphatic rings. The second-order valence-electron chi connectivity index (χ2n) is 4.23. The van der Waals surface area contributed by atoms with Crippen LogP contribution in [-0.4, -0.2) is 19.9 Å². The minimum atomic E-state index is -0.560. The molecule has 0 atom stereocenters. The fraction of sp³-hybridized carbons (Fsp3) is 0.444. The van der Waals surface area contributed by atoms with E-state index in [0.717, 1.165) is 19.3 Å². The molecule has 7 heteroatoms. The zero-order valence-corrected chi connectivity index (χ0v) is 8.46. The normalized spacial score (nSPS) is 18.6. The van der Waals surface area contributed by atoms with Gasteiger partial charge in [-0.3, -0.25) is 14.8 Å². The van der Waals surface area contributed by atoms with Gasteiger partial charge in [-0.1, -0.05) is 0 Å². The van der Waals surface area contributed by atoms with Crippen LogP contribution in [0.25, 0.3) is 11.2 Å². The van der Waals surface area contributed by atoms with Gasteiger partial charge in [0.1, 0.15) is 11.3 Å². The number of hydrogen-bond acceptors (Lipinski definition) is 4. The molecule has 0 bridgehead atoms. The first-order valence-corrected chi connectivity index (χ1v) is 5.10. The van der Waals surface area contributed by atoms with Gasteiger partial charge in [0, 0.05) is 0 Å². The first kappa shape index (κ1) is 9.34. The fourth-order valence-corrected chi connectivity index (χ4v) is 1.96. The molecule has 1 aliphatic carbocycles. The summed E-state index contributed by atoms with van der Waals surface area (Å²) in [7, 11) is 0. The number of H-pyrrole nitrogens is 3. The van der Waals surface area contributed by atoms with Crippen LogP contribution < -0.4 is 17.0 Å². The average molecular weight is 221 g/mol. The summed E-state index contributed by atoms with van der Waals surface area (Å²) in [6.45, 7) is 0. The summed E-state index contributed by atoms with van der Waals surface area (Å²) in [5.41, 5.74) is 5.11. The van der Waals surface area contributed by atoms with Crippen molar-refractivity contribution in [2.75, 3.05) is 0 Å². The molecule has 1 fully saturated rings. The van der Waals surface area contributed by atoms with Gasteiger partial charge in [0.15, 0.2) is 5.65 Å². The van der Waals surface area contributed by atoms with Crippen molar-refractivity contribution in [1.29, 1.82) is 0 Å². The monoisotopic (exact) mass is 221 g/mol. The van der Waals surface area contributed by atoms with E-state index in [1.54, 1.807) is 0 Å². The highest BCUT2D eigenvalue weighted by atomic mass is 16.2. The van der Waals surface area contributed by atoms with Crippen molar-refractivity contribution in [2.45, 2.75) is 24.8 Å². The lowest BCUT2D eigenvalue weighted by Crippen LogP contribution is -2.44. The largest absolute Gasteiger partial charge is 0.335 e. The Balaban J connectivity index is 2.27. The lowest BCUT2D eigenvalue weighted by Gasteiger charge is -2.35. The highest BCUT2D eigenvalue weighted by Gasteiger charge is 2.37. The number of fused-ring (bicyclic) bond motifs is 1. The van der Waals surface area contributed by atoms with Crippen LogP contribution in [0.4, 0.5) is 0 Å². The molecule has 1 saturated carbocycles. The summed E-state index contributed by atoms with van der Waals surface area (Å²) in [5, 5.41) is 0. The highest BCUT2D eigenvalue weighted by Crippen LogP contribution is 2.37. The van der Waals surface area contributed by atoms with Gasteiger partial charge in [-0.05, 0) is 19.3 Å². The molecule has 84 valence electrons. The molecule has 2 heterocycles. The molecule has 5 N–H and O–H groups in total. The molecule has 2 aromatic heterocycles. The van der Waals surface area contributed by atoms with Crippen LogP contribution in [0.15, 0.2) is 9.59 Å². The number of aromatic amines is 3. The van der Waals surface area contributed by atoms with Crippen molar-refractivity contribution < 1.29 is 0 Å². The number of nitrogens with zero attached hydrogens (tertiary/aromatic N) is 1. The van der Waals surface area contributed by atoms with Crippen molar-refractivity contribution in [3.05, 3.63) is 26.7 Å². The fourth-order valence-electron chi connectivity index (χ4n) is 1.96. The quantitative estimate of drug-likeness (QED) is 0.507. The number of aromatic nitrogens is 4. The van der Waals surface area contributed by atoms with Crippen molar-refractivity contribution in [3.63, 3.8) is 0 Å². The summed E-state index contributed by atoms with van der Waals surface area (Å²) < 4.78 is 0. The van der Waals surface area contributed by atoms with Gasteiger partial charge in [0.05, 0.1) is 5.54 Å². The topological polar surface area (TPSA) is 120 Å². The van der Waals surface area contributed by atoms with E-state index in [4.69, 9.17) is 5.73 Å². The molecule has 2 aromatic rings. The Morgan fingerprint density at radius 2 is 1.94 bits per heavy atom. The third kappa shape index (κ3) is 1.15. The number of imidazole rings is 1. The summed E-state index contributed by atoms with van der Waals surface area (Å²) in [6.07, 6.45) is 2.74. The van der Waals surface area contributed by atoms with Crippen molar-refractivity contribution >= 4 is 11.2 Å². The van der Waals surface area contributed by atoms with Gasteiger partial charge in [0.25, 0.3) is 5.56 Å². The number of rotatable bonds is 1. The Morgan fingerprint density at radius 1 is 1.19 bits per heavy atom. The second-order valence-corrected chi connectivity index (χ2v) is 4.23. The Hall–Kier alpha value is -1.89. The number of nitrogens with two attached hydrogens (primary N) is 1. The average Bonchev–Trinajstić information content (AvgIpc) is 2.58. The first-order valence-electron chi connectivity index (χ1n) is 5.10. The third-order valence-corrected chi connectivity index (χ3v) is 3.11. The van der Waals surface area contributed by atoms with E-state index in [1.807, 2.05) is 0 Å². The number of hydrogen-bond donors (Lipinski definition) is 4. The van der Waals surface area contributed by atoms with Crippen molar-refractivity contribution in [1.82, 2.24) is 19.9 Å². The van der Waals surface area contributed by atoms with Crippen LogP contribution in [-0.2, 0) is 5.54 Å². The second kappa shape index (κ2) is 2.82. The molecule has 0 aromatic carbocycles. The van der Waals surface area contributed by atoms with Gasteiger partial charge >= 0.3 is 5.69 Å². The maximum Gasteiger partial charge on any atom is 0.327 e. The minimum Gasteiger partial charge on any atom is -0.335 e. The zero-order valence-electron chi connectivity index (χ0n) is 8.46. The van der Waals surface area contributed by atoms with Crippen LogP contribution >= 0.6 is 0 Å². The molecule has 0 amide bonds. The Morgan fingerprint density at radius 3 is 2.56 bits per heavy atom. The van der Waals surface area contributed by atoms with Crippen LogP contribution in [0.1, 0.15) is 25.1 Å². The highest BCUT2D eigenvalue weighted by molar-refractivity contribution is 5.68. The smallest absolute Gasteiger partial charge is 0.327 e. The van der Waals surface area contributed by atoms with E-state index < -0.39 is 16.8 Å². The molecule has 7 nitrogen and oxygen atoms in total. The van der Waals surface area contributed by atoms with Gasteiger partial charge in [-0.25, -0.2) is 9.78 Å². The molecule has 0 saturated heterocycles. The summed E-state index contributed by atoms with van der Waals surface area (Å²) in [4.78, 5) is 34.2. The van der Waals surface area contributed by atoms with Crippen molar-refractivity contribution in [2.24, 2.45) is 5.73 Å². The van der Waals surface area contributed by atoms with Gasteiger partial charge in [-0.2, -0.15) is 0 Å². The van der Waals surface area contributed by atoms with E-state index in [9.17, 15) is 9.59 Å². The van der Waals surface area contributed by atoms with E-state index in [-0.39, 0.29) is 11.2 Å². The van der Waals surface area contributed by atoms with Crippen molar-refractivity contribution in [3.8, 4) is 0 Å². The van der Waals surface area contributed by atoms with Gasteiger partial charge in [0.2, 0.25) is 0 Å². The third-order valence-electron chi connectivity index (χ3n) is 3.11. The van der Waals surface area contributed by atoms with Crippen LogP contribution in [0, 0.1) is 0 Å². The maximum absolute atomic E-state index is 11.5. The minimum absolute atomic E-state index is 0.264. The molecule has 3 rings (SSSR count).